The smallest absolute Gasteiger partial charge is 0.316 e. The number of aliphatic hydroxyl groups is 1. The second kappa shape index (κ2) is 8.94. The third-order valence-electron chi connectivity index (χ3n) is 4.50. The van der Waals surface area contributed by atoms with E-state index in [0.717, 1.165) is 62.3 Å². The zero-order chi connectivity index (χ0) is 17.5. The molecule has 3 rings (SSSR count). The lowest BCUT2D eigenvalue weighted by molar-refractivity contribution is 0.108. The number of piperazine rings is 1. The van der Waals surface area contributed by atoms with E-state index in [4.69, 9.17) is 14.6 Å². The van der Waals surface area contributed by atoms with Crippen LogP contribution in [-0.2, 0) is 0 Å². The molecule has 0 radical (unpaired) electrons. The molecule has 136 valence electrons. The van der Waals surface area contributed by atoms with Crippen molar-refractivity contribution in [3.05, 3.63) is 24.4 Å². The van der Waals surface area contributed by atoms with Crippen molar-refractivity contribution >= 4 is 10.9 Å². The van der Waals surface area contributed by atoms with Crippen LogP contribution in [0.4, 0.5) is 0 Å². The lowest BCUT2D eigenvalue weighted by Crippen LogP contribution is -2.47. The van der Waals surface area contributed by atoms with Gasteiger partial charge in [-0.05, 0) is 24.6 Å². The molecule has 7 heteroatoms. The first-order valence-corrected chi connectivity index (χ1v) is 8.77. The summed E-state index contributed by atoms with van der Waals surface area (Å²) < 4.78 is 10.9. The standard InChI is InChI=1S/C18H26N4O3/c1-24-16-3-4-17-15(13-16)14-19-18(20-17)25-12-2-5-21-6-8-22(9-7-21)10-11-23/h3-4,13-14,23H,2,5-12H2,1H3. The number of methoxy groups -OCH3 is 1. The summed E-state index contributed by atoms with van der Waals surface area (Å²) in [5.41, 5.74) is 0.853. The third kappa shape index (κ3) is 5.01. The van der Waals surface area contributed by atoms with Crippen LogP contribution in [0.25, 0.3) is 10.9 Å². The molecule has 1 fully saturated rings. The molecule has 0 aliphatic carbocycles. The maximum absolute atomic E-state index is 8.97. The van der Waals surface area contributed by atoms with Crippen molar-refractivity contribution in [2.45, 2.75) is 6.42 Å². The maximum Gasteiger partial charge on any atom is 0.316 e. The van der Waals surface area contributed by atoms with Gasteiger partial charge in [-0.1, -0.05) is 0 Å². The summed E-state index contributed by atoms with van der Waals surface area (Å²) in [4.78, 5) is 13.4. The highest BCUT2D eigenvalue weighted by atomic mass is 16.5. The molecule has 25 heavy (non-hydrogen) atoms. The Hall–Kier alpha value is -1.96. The van der Waals surface area contributed by atoms with E-state index >= 15 is 0 Å². The third-order valence-corrected chi connectivity index (χ3v) is 4.50. The zero-order valence-electron chi connectivity index (χ0n) is 14.7. The maximum atomic E-state index is 8.97. The van der Waals surface area contributed by atoms with Gasteiger partial charge in [0, 0.05) is 50.9 Å². The van der Waals surface area contributed by atoms with Gasteiger partial charge >= 0.3 is 6.01 Å². The number of rotatable bonds is 8. The van der Waals surface area contributed by atoms with Crippen molar-refractivity contribution in [1.29, 1.82) is 0 Å². The molecule has 1 saturated heterocycles. The van der Waals surface area contributed by atoms with Crippen LogP contribution in [0.1, 0.15) is 6.42 Å². The lowest BCUT2D eigenvalue weighted by Gasteiger charge is -2.34. The Morgan fingerprint density at radius 3 is 2.60 bits per heavy atom. The molecule has 2 heterocycles. The number of benzene rings is 1. The summed E-state index contributed by atoms with van der Waals surface area (Å²) in [6.45, 7) is 6.80. The van der Waals surface area contributed by atoms with Crippen molar-refractivity contribution in [2.24, 2.45) is 0 Å². The largest absolute Gasteiger partial charge is 0.497 e. The number of ether oxygens (including phenoxy) is 2. The van der Waals surface area contributed by atoms with Gasteiger partial charge in [-0.25, -0.2) is 4.98 Å². The topological polar surface area (TPSA) is 71.0 Å². The number of fused-ring (bicyclic) bond motifs is 1. The van der Waals surface area contributed by atoms with Gasteiger partial charge in [0.15, 0.2) is 0 Å². The molecule has 0 saturated carbocycles. The Kier molecular flexibility index (Phi) is 6.38. The fourth-order valence-electron chi connectivity index (χ4n) is 3.02. The predicted octanol–water partition coefficient (Wildman–Crippen LogP) is 1.02. The van der Waals surface area contributed by atoms with Crippen LogP contribution in [0.5, 0.6) is 11.8 Å². The van der Waals surface area contributed by atoms with Crippen LogP contribution in [0.3, 0.4) is 0 Å². The van der Waals surface area contributed by atoms with E-state index in [0.29, 0.717) is 12.6 Å². The van der Waals surface area contributed by atoms with Gasteiger partial charge in [-0.3, -0.25) is 4.90 Å². The SMILES string of the molecule is COc1ccc2nc(OCCCN3CCN(CCO)CC3)ncc2c1. The van der Waals surface area contributed by atoms with Crippen molar-refractivity contribution in [3.8, 4) is 11.8 Å². The molecule has 1 aromatic heterocycles. The minimum Gasteiger partial charge on any atom is -0.497 e. The van der Waals surface area contributed by atoms with E-state index < -0.39 is 0 Å². The number of nitrogens with zero attached hydrogens (tertiary/aromatic N) is 4. The number of aromatic nitrogens is 2. The first-order chi connectivity index (χ1) is 12.3. The fraction of sp³-hybridized carbons (Fsp3) is 0.556. The second-order valence-corrected chi connectivity index (χ2v) is 6.19. The Morgan fingerprint density at radius 1 is 1.12 bits per heavy atom. The summed E-state index contributed by atoms with van der Waals surface area (Å²) in [5, 5.41) is 9.91. The molecule has 0 bridgehead atoms. The summed E-state index contributed by atoms with van der Waals surface area (Å²) in [6.07, 6.45) is 2.71. The highest BCUT2D eigenvalue weighted by Gasteiger charge is 2.15. The number of hydrogen-bond acceptors (Lipinski definition) is 7. The normalized spacial score (nSPS) is 16.2. The molecule has 1 aliphatic heterocycles. The molecule has 1 N–H and O–H groups in total. The van der Waals surface area contributed by atoms with Gasteiger partial charge in [0.1, 0.15) is 5.75 Å². The second-order valence-electron chi connectivity index (χ2n) is 6.19. The Bertz CT molecular complexity index is 674. The van der Waals surface area contributed by atoms with Gasteiger partial charge in [0.05, 0.1) is 25.8 Å². The summed E-state index contributed by atoms with van der Waals surface area (Å²) in [5.74, 6) is 0.795. The number of β-amino-alcohol motifs (C(OH)–C–C–N with tert-alkyl or cyclic N) is 1. The van der Waals surface area contributed by atoms with Crippen LogP contribution >= 0.6 is 0 Å². The average Bonchev–Trinajstić information content (AvgIpc) is 2.66. The fourth-order valence-corrected chi connectivity index (χ4v) is 3.02. The molecule has 2 aromatic rings. The highest BCUT2D eigenvalue weighted by Crippen LogP contribution is 2.20. The van der Waals surface area contributed by atoms with Crippen LogP contribution < -0.4 is 9.47 Å². The Labute approximate surface area is 148 Å². The molecule has 7 nitrogen and oxygen atoms in total. The van der Waals surface area contributed by atoms with Gasteiger partial charge in [0.2, 0.25) is 0 Å². The molecule has 0 amide bonds. The summed E-state index contributed by atoms with van der Waals surface area (Å²) >= 11 is 0. The van der Waals surface area contributed by atoms with Crippen LogP contribution in [-0.4, -0.2) is 84.5 Å². The molecular formula is C18H26N4O3. The summed E-state index contributed by atoms with van der Waals surface area (Å²) in [6, 6.07) is 6.13. The molecule has 1 aromatic carbocycles. The molecule has 0 unspecified atom stereocenters. The first-order valence-electron chi connectivity index (χ1n) is 8.77. The van der Waals surface area contributed by atoms with Crippen LogP contribution in [0, 0.1) is 0 Å². The van der Waals surface area contributed by atoms with Crippen molar-refractivity contribution < 1.29 is 14.6 Å². The minimum absolute atomic E-state index is 0.242. The van der Waals surface area contributed by atoms with E-state index in [1.54, 1.807) is 13.3 Å². The van der Waals surface area contributed by atoms with E-state index in [1.807, 2.05) is 18.2 Å². The van der Waals surface area contributed by atoms with Gasteiger partial charge in [0.25, 0.3) is 0 Å². The number of hydrogen-bond donors (Lipinski definition) is 1. The molecule has 0 atom stereocenters. The van der Waals surface area contributed by atoms with Crippen molar-refractivity contribution in [3.63, 3.8) is 0 Å². The van der Waals surface area contributed by atoms with Gasteiger partial charge < -0.3 is 19.5 Å². The first kappa shape index (κ1) is 17.8. The number of aliphatic hydroxyl groups excluding tert-OH is 1. The Balaban J connectivity index is 1.41. The van der Waals surface area contributed by atoms with Crippen LogP contribution in [0.15, 0.2) is 24.4 Å². The van der Waals surface area contributed by atoms with E-state index in [9.17, 15) is 0 Å². The lowest BCUT2D eigenvalue weighted by atomic mass is 10.2. The van der Waals surface area contributed by atoms with E-state index in [1.165, 1.54) is 0 Å². The van der Waals surface area contributed by atoms with Gasteiger partial charge in [-0.2, -0.15) is 4.98 Å². The molecular weight excluding hydrogens is 320 g/mol. The van der Waals surface area contributed by atoms with E-state index in [2.05, 4.69) is 19.8 Å². The minimum atomic E-state index is 0.242. The van der Waals surface area contributed by atoms with Crippen molar-refractivity contribution in [1.82, 2.24) is 19.8 Å². The zero-order valence-corrected chi connectivity index (χ0v) is 14.7. The molecule has 1 aliphatic rings. The van der Waals surface area contributed by atoms with Gasteiger partial charge in [-0.15, -0.1) is 0 Å². The van der Waals surface area contributed by atoms with Crippen molar-refractivity contribution in [2.75, 3.05) is 59.6 Å². The highest BCUT2D eigenvalue weighted by molar-refractivity contribution is 5.79. The van der Waals surface area contributed by atoms with E-state index in [-0.39, 0.29) is 6.61 Å². The average molecular weight is 346 g/mol. The Morgan fingerprint density at radius 2 is 1.88 bits per heavy atom. The summed E-state index contributed by atoms with van der Waals surface area (Å²) in [7, 11) is 1.64. The predicted molar refractivity (Wildman–Crippen MR) is 96.2 cm³/mol. The monoisotopic (exact) mass is 346 g/mol. The van der Waals surface area contributed by atoms with Crippen LogP contribution in [0.2, 0.25) is 0 Å². The molecule has 0 spiro atoms. The quantitative estimate of drug-likeness (QED) is 0.716.